The van der Waals surface area contributed by atoms with Crippen LogP contribution in [0.5, 0.6) is 5.88 Å². The standard InChI is InChI=1S/C13H11F4N3O3/c1-19-11(22)8(4-18)10(21)7-2-3-9(20-5-7)23-6-13(16,17)12(14)15/h2-3,5,8,12H,6H2,1H3,(H,19,22). The molecule has 1 aromatic heterocycles. The number of hydrogen-bond acceptors (Lipinski definition) is 5. The Morgan fingerprint density at radius 3 is 2.52 bits per heavy atom. The number of nitriles is 1. The summed E-state index contributed by atoms with van der Waals surface area (Å²) >= 11 is 0. The second-order valence-electron chi connectivity index (χ2n) is 4.28. The minimum atomic E-state index is -4.33. The van der Waals surface area contributed by atoms with Crippen LogP contribution in [0.3, 0.4) is 0 Å². The number of amides is 1. The number of halogens is 4. The van der Waals surface area contributed by atoms with E-state index in [2.05, 4.69) is 15.0 Å². The van der Waals surface area contributed by atoms with Crippen molar-refractivity contribution in [3.05, 3.63) is 23.9 Å². The molecule has 0 aliphatic carbocycles. The van der Waals surface area contributed by atoms with E-state index in [0.717, 1.165) is 18.3 Å². The third-order valence-electron chi connectivity index (χ3n) is 2.65. The zero-order chi connectivity index (χ0) is 17.6. The Hall–Kier alpha value is -2.70. The normalized spacial score (nSPS) is 12.4. The molecule has 23 heavy (non-hydrogen) atoms. The summed E-state index contributed by atoms with van der Waals surface area (Å²) in [5.74, 6) is -7.98. The van der Waals surface area contributed by atoms with Gasteiger partial charge in [-0.15, -0.1) is 0 Å². The maximum Gasteiger partial charge on any atom is 0.340 e. The van der Waals surface area contributed by atoms with Crippen LogP contribution in [0.25, 0.3) is 0 Å². The number of Topliss-reactive ketones (excluding diaryl/α,β-unsaturated/α-hetero) is 1. The second kappa shape index (κ2) is 7.53. The summed E-state index contributed by atoms with van der Waals surface area (Å²) in [6.45, 7) is -1.58. The van der Waals surface area contributed by atoms with Gasteiger partial charge in [-0.25, -0.2) is 13.8 Å². The highest BCUT2D eigenvalue weighted by molar-refractivity contribution is 6.11. The molecule has 6 nitrogen and oxygen atoms in total. The first-order valence-corrected chi connectivity index (χ1v) is 6.13. The third kappa shape index (κ3) is 4.64. The third-order valence-corrected chi connectivity index (χ3v) is 2.65. The van der Waals surface area contributed by atoms with Crippen LogP contribution >= 0.6 is 0 Å². The van der Waals surface area contributed by atoms with Crippen molar-refractivity contribution in [2.24, 2.45) is 5.92 Å². The Labute approximate surface area is 128 Å². The maximum atomic E-state index is 12.7. The molecule has 0 fully saturated rings. The van der Waals surface area contributed by atoms with Gasteiger partial charge in [0.1, 0.15) is 0 Å². The molecule has 0 spiro atoms. The van der Waals surface area contributed by atoms with Gasteiger partial charge in [0.15, 0.2) is 18.3 Å². The van der Waals surface area contributed by atoms with E-state index in [9.17, 15) is 27.2 Å². The van der Waals surface area contributed by atoms with Crippen LogP contribution in [-0.4, -0.2) is 42.7 Å². The van der Waals surface area contributed by atoms with Gasteiger partial charge < -0.3 is 10.1 Å². The molecule has 0 saturated heterocycles. The predicted octanol–water partition coefficient (Wildman–Crippen LogP) is 1.43. The van der Waals surface area contributed by atoms with Gasteiger partial charge in [-0.2, -0.15) is 14.0 Å². The Kier molecular flexibility index (Phi) is 6.01. The number of ketones is 1. The molecule has 10 heteroatoms. The molecule has 0 aliphatic rings. The van der Waals surface area contributed by atoms with Crippen LogP contribution in [0.1, 0.15) is 10.4 Å². The zero-order valence-corrected chi connectivity index (χ0v) is 11.7. The largest absolute Gasteiger partial charge is 0.471 e. The Balaban J connectivity index is 2.79. The van der Waals surface area contributed by atoms with Gasteiger partial charge >= 0.3 is 12.3 Å². The first kappa shape index (κ1) is 18.3. The average molecular weight is 333 g/mol. The van der Waals surface area contributed by atoms with Crippen molar-refractivity contribution in [3.63, 3.8) is 0 Å². The lowest BCUT2D eigenvalue weighted by atomic mass is 9.99. The number of nitrogens with zero attached hydrogens (tertiary/aromatic N) is 2. The molecule has 1 N–H and O–H groups in total. The number of rotatable bonds is 7. The number of aromatic nitrogens is 1. The van der Waals surface area contributed by atoms with Gasteiger partial charge in [-0.3, -0.25) is 9.59 Å². The van der Waals surface area contributed by atoms with Gasteiger partial charge in [0.25, 0.3) is 0 Å². The van der Waals surface area contributed by atoms with Crippen LogP contribution in [0.4, 0.5) is 17.6 Å². The molecule has 0 saturated carbocycles. The van der Waals surface area contributed by atoms with Crippen LogP contribution in [-0.2, 0) is 4.79 Å². The van der Waals surface area contributed by atoms with Crippen LogP contribution < -0.4 is 10.1 Å². The second-order valence-corrected chi connectivity index (χ2v) is 4.28. The minimum Gasteiger partial charge on any atom is -0.471 e. The Morgan fingerprint density at radius 2 is 2.09 bits per heavy atom. The molecule has 0 aromatic carbocycles. The minimum absolute atomic E-state index is 0.131. The van der Waals surface area contributed by atoms with E-state index in [1.54, 1.807) is 0 Å². The fourth-order valence-electron chi connectivity index (χ4n) is 1.39. The molecule has 1 aromatic rings. The summed E-state index contributed by atoms with van der Waals surface area (Å²) in [6, 6.07) is 3.59. The molecular weight excluding hydrogens is 322 g/mol. The molecule has 0 bridgehead atoms. The summed E-state index contributed by atoms with van der Waals surface area (Å²) < 4.78 is 53.7. The summed E-state index contributed by atoms with van der Waals surface area (Å²) in [7, 11) is 1.25. The molecule has 1 atom stereocenters. The molecule has 1 amide bonds. The molecule has 1 rings (SSSR count). The number of alkyl halides is 4. The lowest BCUT2D eigenvalue weighted by molar-refractivity contribution is -0.148. The molecule has 0 radical (unpaired) electrons. The van der Waals surface area contributed by atoms with Crippen molar-refractivity contribution in [1.82, 2.24) is 10.3 Å². The average Bonchev–Trinajstić information content (AvgIpc) is 2.53. The highest BCUT2D eigenvalue weighted by Gasteiger charge is 2.41. The molecule has 0 aliphatic heterocycles. The van der Waals surface area contributed by atoms with Crippen molar-refractivity contribution < 1.29 is 31.9 Å². The Bertz CT molecular complexity index is 614. The van der Waals surface area contributed by atoms with Crippen LogP contribution in [0.2, 0.25) is 0 Å². The zero-order valence-electron chi connectivity index (χ0n) is 11.7. The van der Waals surface area contributed by atoms with Crippen LogP contribution in [0.15, 0.2) is 18.3 Å². The van der Waals surface area contributed by atoms with Gasteiger partial charge in [0, 0.05) is 24.9 Å². The SMILES string of the molecule is CNC(=O)C(C#N)C(=O)c1ccc(OCC(F)(F)C(F)F)nc1. The molecule has 1 unspecified atom stereocenters. The van der Waals surface area contributed by atoms with Crippen molar-refractivity contribution >= 4 is 11.7 Å². The highest BCUT2D eigenvalue weighted by atomic mass is 19.3. The molecule has 124 valence electrons. The molecular formula is C13H11F4N3O3. The first-order chi connectivity index (χ1) is 10.7. The topological polar surface area (TPSA) is 92.1 Å². The van der Waals surface area contributed by atoms with Gasteiger partial charge in [0.2, 0.25) is 11.8 Å². The molecule has 1 heterocycles. The lowest BCUT2D eigenvalue weighted by Gasteiger charge is -2.15. The summed E-state index contributed by atoms with van der Waals surface area (Å²) in [5, 5.41) is 11.0. The summed E-state index contributed by atoms with van der Waals surface area (Å²) in [5.41, 5.74) is -0.131. The number of ether oxygens (including phenoxy) is 1. The van der Waals surface area contributed by atoms with E-state index in [1.165, 1.54) is 13.1 Å². The number of nitrogens with one attached hydrogen (secondary N) is 1. The fraction of sp³-hybridized carbons (Fsp3) is 0.385. The monoisotopic (exact) mass is 333 g/mol. The van der Waals surface area contributed by atoms with E-state index >= 15 is 0 Å². The van der Waals surface area contributed by atoms with E-state index in [1.807, 2.05) is 0 Å². The van der Waals surface area contributed by atoms with E-state index < -0.39 is 42.4 Å². The number of pyridine rings is 1. The summed E-state index contributed by atoms with van der Waals surface area (Å²) in [4.78, 5) is 26.8. The van der Waals surface area contributed by atoms with Gasteiger partial charge in [-0.05, 0) is 6.07 Å². The number of carbonyl (C=O) groups is 2. The van der Waals surface area contributed by atoms with Crippen molar-refractivity contribution in [1.29, 1.82) is 5.26 Å². The smallest absolute Gasteiger partial charge is 0.340 e. The maximum absolute atomic E-state index is 12.7. The summed E-state index contributed by atoms with van der Waals surface area (Å²) in [6.07, 6.45) is -2.99. The van der Waals surface area contributed by atoms with E-state index in [0.29, 0.717) is 0 Å². The van der Waals surface area contributed by atoms with Gasteiger partial charge in [0.05, 0.1) is 6.07 Å². The lowest BCUT2D eigenvalue weighted by Crippen LogP contribution is -2.34. The van der Waals surface area contributed by atoms with E-state index in [-0.39, 0.29) is 5.56 Å². The van der Waals surface area contributed by atoms with Crippen molar-refractivity contribution in [3.8, 4) is 11.9 Å². The predicted molar refractivity (Wildman–Crippen MR) is 68.2 cm³/mol. The number of hydrogen-bond donors (Lipinski definition) is 1. The van der Waals surface area contributed by atoms with Crippen molar-refractivity contribution in [2.75, 3.05) is 13.7 Å². The van der Waals surface area contributed by atoms with Crippen LogP contribution in [0, 0.1) is 17.2 Å². The van der Waals surface area contributed by atoms with Gasteiger partial charge in [-0.1, -0.05) is 0 Å². The first-order valence-electron chi connectivity index (χ1n) is 6.13. The van der Waals surface area contributed by atoms with Crippen molar-refractivity contribution in [2.45, 2.75) is 12.3 Å². The number of carbonyl (C=O) groups excluding carboxylic acids is 2. The quantitative estimate of drug-likeness (QED) is 0.463. The fourth-order valence-corrected chi connectivity index (χ4v) is 1.39. The Morgan fingerprint density at radius 1 is 1.43 bits per heavy atom. The van der Waals surface area contributed by atoms with E-state index in [4.69, 9.17) is 5.26 Å². The highest BCUT2D eigenvalue weighted by Crippen LogP contribution is 2.23.